The molecule has 0 bridgehead atoms. The Bertz CT molecular complexity index is 635. The molecule has 1 saturated heterocycles. The predicted octanol–water partition coefficient (Wildman–Crippen LogP) is 2.20. The number of aliphatic hydroxyl groups is 1. The van der Waals surface area contributed by atoms with Crippen molar-refractivity contribution >= 4 is 11.8 Å². The van der Waals surface area contributed by atoms with Crippen molar-refractivity contribution in [1.82, 2.24) is 9.80 Å². The fraction of sp³-hybridized carbons (Fsp3) is 0.579. The molecule has 1 saturated carbocycles. The lowest BCUT2D eigenvalue weighted by Gasteiger charge is -2.38. The van der Waals surface area contributed by atoms with Crippen LogP contribution >= 0.6 is 0 Å². The molecule has 1 aliphatic carbocycles. The molecule has 6 heteroatoms. The van der Waals surface area contributed by atoms with Crippen LogP contribution < -0.4 is 0 Å². The lowest BCUT2D eigenvalue weighted by Crippen LogP contribution is -2.52. The van der Waals surface area contributed by atoms with E-state index < -0.39 is 11.4 Å². The van der Waals surface area contributed by atoms with E-state index in [2.05, 4.69) is 0 Å². The number of piperazine rings is 1. The molecular weight excluding hydrogens is 323 g/mol. The van der Waals surface area contributed by atoms with E-state index >= 15 is 0 Å². The SMILES string of the molecule is O=C(CC1(O)CCCCC1)N1CCN(C(=O)c2ccccc2F)CC1. The van der Waals surface area contributed by atoms with Gasteiger partial charge in [0.25, 0.3) is 5.91 Å². The molecule has 0 unspecified atom stereocenters. The number of halogens is 1. The lowest BCUT2D eigenvalue weighted by molar-refractivity contribution is -0.139. The Labute approximate surface area is 147 Å². The van der Waals surface area contributed by atoms with E-state index in [-0.39, 0.29) is 23.8 Å². The van der Waals surface area contributed by atoms with Gasteiger partial charge in [0, 0.05) is 26.2 Å². The molecular formula is C19H25FN2O3. The highest BCUT2D eigenvalue weighted by Crippen LogP contribution is 2.31. The van der Waals surface area contributed by atoms with Crippen LogP contribution in [0.5, 0.6) is 0 Å². The smallest absolute Gasteiger partial charge is 0.256 e. The maximum Gasteiger partial charge on any atom is 0.256 e. The summed E-state index contributed by atoms with van der Waals surface area (Å²) >= 11 is 0. The first-order valence-electron chi connectivity index (χ1n) is 9.02. The third-order valence-corrected chi connectivity index (χ3v) is 5.29. The molecule has 0 radical (unpaired) electrons. The van der Waals surface area contributed by atoms with Gasteiger partial charge in [-0.2, -0.15) is 0 Å². The molecule has 5 nitrogen and oxygen atoms in total. The molecule has 0 aromatic heterocycles. The zero-order valence-electron chi connectivity index (χ0n) is 14.4. The topological polar surface area (TPSA) is 60.9 Å². The molecule has 25 heavy (non-hydrogen) atoms. The van der Waals surface area contributed by atoms with Crippen LogP contribution in [-0.4, -0.2) is 58.5 Å². The number of amides is 2. The number of hydrogen-bond acceptors (Lipinski definition) is 3. The maximum absolute atomic E-state index is 13.8. The van der Waals surface area contributed by atoms with Crippen molar-refractivity contribution in [2.75, 3.05) is 26.2 Å². The van der Waals surface area contributed by atoms with Crippen molar-refractivity contribution in [3.05, 3.63) is 35.6 Å². The Morgan fingerprint density at radius 2 is 1.60 bits per heavy atom. The van der Waals surface area contributed by atoms with Gasteiger partial charge in [0.1, 0.15) is 5.82 Å². The van der Waals surface area contributed by atoms with Gasteiger partial charge in [-0.05, 0) is 25.0 Å². The summed E-state index contributed by atoms with van der Waals surface area (Å²) in [6.07, 6.45) is 4.58. The largest absolute Gasteiger partial charge is 0.389 e. The van der Waals surface area contributed by atoms with Crippen LogP contribution in [0.3, 0.4) is 0 Å². The van der Waals surface area contributed by atoms with Crippen LogP contribution in [0.1, 0.15) is 48.9 Å². The van der Waals surface area contributed by atoms with Crippen LogP contribution in [0, 0.1) is 5.82 Å². The molecule has 1 heterocycles. The van der Waals surface area contributed by atoms with E-state index in [0.29, 0.717) is 39.0 Å². The molecule has 2 aliphatic rings. The Morgan fingerprint density at radius 3 is 2.24 bits per heavy atom. The number of carbonyl (C=O) groups excluding carboxylic acids is 2. The fourth-order valence-corrected chi connectivity index (χ4v) is 3.74. The zero-order chi connectivity index (χ0) is 17.9. The van der Waals surface area contributed by atoms with Gasteiger partial charge in [-0.15, -0.1) is 0 Å². The summed E-state index contributed by atoms with van der Waals surface area (Å²) in [7, 11) is 0. The monoisotopic (exact) mass is 348 g/mol. The van der Waals surface area contributed by atoms with Crippen molar-refractivity contribution in [2.45, 2.75) is 44.1 Å². The number of carbonyl (C=O) groups is 2. The standard InChI is InChI=1S/C19H25FN2O3/c20-16-7-3-2-6-15(16)18(24)22-12-10-21(11-13-22)17(23)14-19(25)8-4-1-5-9-19/h2-3,6-7,25H,1,4-5,8-14H2. The Morgan fingerprint density at radius 1 is 1.00 bits per heavy atom. The van der Waals surface area contributed by atoms with Gasteiger partial charge in [0.15, 0.2) is 0 Å². The minimum atomic E-state index is -0.866. The molecule has 2 amide bonds. The van der Waals surface area contributed by atoms with Crippen molar-refractivity contribution in [3.8, 4) is 0 Å². The van der Waals surface area contributed by atoms with Crippen molar-refractivity contribution < 1.29 is 19.1 Å². The molecule has 2 fully saturated rings. The van der Waals surface area contributed by atoms with Crippen LogP contribution in [0.2, 0.25) is 0 Å². The van der Waals surface area contributed by atoms with Crippen LogP contribution in [0.4, 0.5) is 4.39 Å². The Balaban J connectivity index is 1.54. The highest BCUT2D eigenvalue weighted by molar-refractivity contribution is 5.94. The van der Waals surface area contributed by atoms with E-state index in [4.69, 9.17) is 0 Å². The normalized spacial score (nSPS) is 20.4. The summed E-state index contributed by atoms with van der Waals surface area (Å²) < 4.78 is 13.8. The summed E-state index contributed by atoms with van der Waals surface area (Å²) in [5, 5.41) is 10.5. The van der Waals surface area contributed by atoms with Gasteiger partial charge in [-0.25, -0.2) is 4.39 Å². The predicted molar refractivity (Wildman–Crippen MR) is 91.5 cm³/mol. The molecule has 0 atom stereocenters. The van der Waals surface area contributed by atoms with Gasteiger partial charge in [0.05, 0.1) is 17.6 Å². The lowest BCUT2D eigenvalue weighted by atomic mass is 9.82. The first kappa shape index (κ1) is 17.9. The average molecular weight is 348 g/mol. The van der Waals surface area contributed by atoms with Crippen molar-refractivity contribution in [1.29, 1.82) is 0 Å². The molecule has 1 aliphatic heterocycles. The number of nitrogens with zero attached hydrogens (tertiary/aromatic N) is 2. The molecule has 1 N–H and O–H groups in total. The molecule has 136 valence electrons. The fourth-order valence-electron chi connectivity index (χ4n) is 3.74. The van der Waals surface area contributed by atoms with E-state index in [1.165, 1.54) is 12.1 Å². The first-order chi connectivity index (χ1) is 12.0. The van der Waals surface area contributed by atoms with Gasteiger partial charge in [-0.1, -0.05) is 31.4 Å². The number of benzene rings is 1. The Kier molecular flexibility index (Phi) is 5.37. The molecule has 3 rings (SSSR count). The molecule has 1 aromatic rings. The van der Waals surface area contributed by atoms with Crippen LogP contribution in [0.25, 0.3) is 0 Å². The number of hydrogen-bond donors (Lipinski definition) is 1. The van der Waals surface area contributed by atoms with Crippen LogP contribution in [-0.2, 0) is 4.79 Å². The zero-order valence-corrected chi connectivity index (χ0v) is 14.4. The maximum atomic E-state index is 13.8. The van der Waals surface area contributed by atoms with Crippen molar-refractivity contribution in [2.24, 2.45) is 0 Å². The first-order valence-corrected chi connectivity index (χ1v) is 9.02. The van der Waals surface area contributed by atoms with Crippen LogP contribution in [0.15, 0.2) is 24.3 Å². The van der Waals surface area contributed by atoms with E-state index in [1.54, 1.807) is 21.9 Å². The average Bonchev–Trinajstić information content (AvgIpc) is 2.62. The van der Waals surface area contributed by atoms with E-state index in [9.17, 15) is 19.1 Å². The second kappa shape index (κ2) is 7.52. The third kappa shape index (κ3) is 4.18. The van der Waals surface area contributed by atoms with Gasteiger partial charge in [0.2, 0.25) is 5.91 Å². The summed E-state index contributed by atoms with van der Waals surface area (Å²) in [5.41, 5.74) is -0.797. The highest BCUT2D eigenvalue weighted by Gasteiger charge is 2.34. The minimum Gasteiger partial charge on any atom is -0.389 e. The number of rotatable bonds is 3. The van der Waals surface area contributed by atoms with E-state index in [1.807, 2.05) is 0 Å². The summed E-state index contributed by atoms with van der Waals surface area (Å²) in [6, 6.07) is 5.95. The van der Waals surface area contributed by atoms with Gasteiger partial charge < -0.3 is 14.9 Å². The second-order valence-electron chi connectivity index (χ2n) is 7.11. The van der Waals surface area contributed by atoms with Gasteiger partial charge >= 0.3 is 0 Å². The summed E-state index contributed by atoms with van der Waals surface area (Å²) in [5.74, 6) is -0.913. The Hall–Kier alpha value is -1.95. The second-order valence-corrected chi connectivity index (χ2v) is 7.11. The molecule has 0 spiro atoms. The quantitative estimate of drug-likeness (QED) is 0.911. The summed E-state index contributed by atoms with van der Waals surface area (Å²) in [6.45, 7) is 1.62. The van der Waals surface area contributed by atoms with Crippen molar-refractivity contribution in [3.63, 3.8) is 0 Å². The summed E-state index contributed by atoms with van der Waals surface area (Å²) in [4.78, 5) is 28.2. The third-order valence-electron chi connectivity index (χ3n) is 5.29. The molecule has 1 aromatic carbocycles. The van der Waals surface area contributed by atoms with E-state index in [0.717, 1.165) is 19.3 Å². The minimum absolute atomic E-state index is 0.0533. The van der Waals surface area contributed by atoms with Gasteiger partial charge in [-0.3, -0.25) is 9.59 Å². The highest BCUT2D eigenvalue weighted by atomic mass is 19.1.